The Morgan fingerprint density at radius 2 is 0.588 bits per heavy atom. The highest BCUT2D eigenvalue weighted by atomic mass is 79.9. The SMILES string of the molecule is Brc1cccc(N(c2cc(N(c3ccccc3)c3ccccc3)c3c(c2)oc2ccccc23)c2c(-c3ccccc3)cccc2-c2ccccc2)c1.c1ccc(-c2cccc(-c3ccccc3)c2Nc2cc(N(c3ccccc3)c3ccccc3)c3c(c2)oc2ccccc23)cc1. The van der Waals surface area contributed by atoms with E-state index in [1.165, 1.54) is 0 Å². The standard InChI is InChI=1S/C48H33BrN2O.C42H30N2O/c49-36-21-15-26-39(31-36)51(48-41(34-17-5-1-6-18-34)28-16-29-42(48)35-19-7-2-8-20-35)40-32-44(47-43-27-13-14-30-45(43)52-46(47)33-40)50(37-22-9-3-10-23-37)38-24-11-4-12-25-38;1-5-16-30(17-6-1)35-25-15-26-36(31-18-7-2-8-19-31)42(35)43-32-28-38(41-37-24-13-14-27-39(37)45-40(41)29-32)44(33-20-9-3-10-21-33)34-22-11-4-12-23-34/h1-33H;1-29,43H. The van der Waals surface area contributed by atoms with Crippen LogP contribution < -0.4 is 20.0 Å². The minimum absolute atomic E-state index is 0.809. The number of benzene rings is 15. The van der Waals surface area contributed by atoms with Crippen molar-refractivity contribution in [3.8, 4) is 44.5 Å². The fourth-order valence-corrected chi connectivity index (χ4v) is 13.8. The van der Waals surface area contributed by atoms with Crippen molar-refractivity contribution in [2.24, 2.45) is 0 Å². The number of hydrogen-bond donors (Lipinski definition) is 1. The molecule has 0 radical (unpaired) electrons. The van der Waals surface area contributed by atoms with Crippen molar-refractivity contribution in [1.82, 2.24) is 0 Å². The Kier molecular flexibility index (Phi) is 16.5. The van der Waals surface area contributed by atoms with Gasteiger partial charge in [0.05, 0.1) is 39.2 Å². The van der Waals surface area contributed by atoms with E-state index in [2.05, 4.69) is 394 Å². The van der Waals surface area contributed by atoms with E-state index in [1.54, 1.807) is 0 Å². The maximum Gasteiger partial charge on any atom is 0.139 e. The smallest absolute Gasteiger partial charge is 0.139 e. The van der Waals surface area contributed by atoms with Crippen LogP contribution in [0.4, 0.5) is 62.6 Å². The summed E-state index contributed by atoms with van der Waals surface area (Å²) in [4.78, 5) is 7.05. The second-order valence-corrected chi connectivity index (χ2v) is 24.7. The van der Waals surface area contributed by atoms with Crippen molar-refractivity contribution in [2.75, 3.05) is 20.0 Å². The third kappa shape index (κ3) is 12.0. The Balaban J connectivity index is 0.000000154. The van der Waals surface area contributed by atoms with E-state index in [0.717, 1.165) is 155 Å². The van der Waals surface area contributed by atoms with Crippen LogP contribution in [0.25, 0.3) is 88.4 Å². The van der Waals surface area contributed by atoms with Gasteiger partial charge in [-0.05, 0) is 113 Å². The van der Waals surface area contributed by atoms with Gasteiger partial charge in [-0.2, -0.15) is 0 Å². The van der Waals surface area contributed by atoms with Crippen molar-refractivity contribution in [3.63, 3.8) is 0 Å². The number of furan rings is 2. The first-order valence-corrected chi connectivity index (χ1v) is 33.4. The van der Waals surface area contributed by atoms with E-state index >= 15 is 0 Å². The third-order valence-corrected chi connectivity index (χ3v) is 18.2. The second kappa shape index (κ2) is 26.9. The van der Waals surface area contributed by atoms with Crippen LogP contribution in [0, 0.1) is 0 Å². The van der Waals surface area contributed by atoms with Gasteiger partial charge in [-0.3, -0.25) is 0 Å². The fraction of sp³-hybridized carbons (Fsp3) is 0. The molecule has 7 heteroatoms. The predicted molar refractivity (Wildman–Crippen MR) is 411 cm³/mol. The van der Waals surface area contributed by atoms with Crippen molar-refractivity contribution in [1.29, 1.82) is 0 Å². The number of rotatable bonds is 15. The van der Waals surface area contributed by atoms with Crippen LogP contribution in [-0.2, 0) is 0 Å². The molecule has 0 spiro atoms. The molecule has 17 aromatic rings. The molecule has 0 saturated carbocycles. The van der Waals surface area contributed by atoms with Gasteiger partial charge < -0.3 is 28.9 Å². The molecule has 0 saturated heterocycles. The molecule has 2 aromatic heterocycles. The van der Waals surface area contributed by atoms with Gasteiger partial charge in [0.1, 0.15) is 22.3 Å². The van der Waals surface area contributed by atoms with E-state index in [4.69, 9.17) is 8.83 Å². The van der Waals surface area contributed by atoms with Crippen LogP contribution in [-0.4, -0.2) is 0 Å². The quantitative estimate of drug-likeness (QED) is 0.110. The molecule has 462 valence electrons. The topological polar surface area (TPSA) is 48.0 Å². The lowest BCUT2D eigenvalue weighted by Crippen LogP contribution is -2.15. The van der Waals surface area contributed by atoms with Gasteiger partial charge in [-0.15, -0.1) is 0 Å². The summed E-state index contributed by atoms with van der Waals surface area (Å²) in [7, 11) is 0. The Morgan fingerprint density at radius 3 is 1.01 bits per heavy atom. The lowest BCUT2D eigenvalue weighted by Gasteiger charge is -2.32. The lowest BCUT2D eigenvalue weighted by molar-refractivity contribution is 0.668. The minimum Gasteiger partial charge on any atom is -0.456 e. The molecule has 0 bridgehead atoms. The molecule has 1 N–H and O–H groups in total. The average Bonchev–Trinajstić information content (AvgIpc) is 1.66. The maximum absolute atomic E-state index is 6.77. The zero-order valence-electron chi connectivity index (χ0n) is 52.8. The second-order valence-electron chi connectivity index (χ2n) is 23.8. The van der Waals surface area contributed by atoms with Crippen molar-refractivity contribution in [3.05, 3.63) is 381 Å². The number of nitrogens with one attached hydrogen (secondary N) is 1. The summed E-state index contributed by atoms with van der Waals surface area (Å²) in [6.07, 6.45) is 0. The van der Waals surface area contributed by atoms with E-state index in [9.17, 15) is 0 Å². The molecule has 0 unspecified atom stereocenters. The average molecular weight is 1310 g/mol. The van der Waals surface area contributed by atoms with Crippen molar-refractivity contribution < 1.29 is 8.83 Å². The monoisotopic (exact) mass is 1310 g/mol. The maximum atomic E-state index is 6.77. The summed E-state index contributed by atoms with van der Waals surface area (Å²) in [5.41, 5.74) is 23.8. The number of fused-ring (bicyclic) bond motifs is 6. The molecular formula is C90H63BrN4O2. The van der Waals surface area contributed by atoms with Crippen molar-refractivity contribution in [2.45, 2.75) is 0 Å². The Hall–Kier alpha value is -12.4. The van der Waals surface area contributed by atoms with Gasteiger partial charge in [-0.25, -0.2) is 0 Å². The summed E-state index contributed by atoms with van der Waals surface area (Å²) < 4.78 is 14.3. The fourth-order valence-electron chi connectivity index (χ4n) is 13.4. The number of hydrogen-bond acceptors (Lipinski definition) is 6. The Morgan fingerprint density at radius 1 is 0.247 bits per heavy atom. The summed E-state index contributed by atoms with van der Waals surface area (Å²) in [6, 6.07) is 132. The number of para-hydroxylation sites is 8. The normalized spacial score (nSPS) is 11.1. The summed E-state index contributed by atoms with van der Waals surface area (Å²) >= 11 is 3.81. The Bertz CT molecular complexity index is 5370. The first kappa shape index (κ1) is 59.6. The zero-order chi connectivity index (χ0) is 64.9. The first-order valence-electron chi connectivity index (χ1n) is 32.6. The summed E-state index contributed by atoms with van der Waals surface area (Å²) in [5.74, 6) is 0. The van der Waals surface area contributed by atoms with Crippen LogP contribution in [0.2, 0.25) is 0 Å². The lowest BCUT2D eigenvalue weighted by atomic mass is 9.94. The van der Waals surface area contributed by atoms with Crippen LogP contribution in [0.1, 0.15) is 0 Å². The first-order chi connectivity index (χ1) is 48.1. The molecule has 0 fully saturated rings. The molecule has 0 aliphatic heterocycles. The van der Waals surface area contributed by atoms with Gasteiger partial charge >= 0.3 is 0 Å². The highest BCUT2D eigenvalue weighted by molar-refractivity contribution is 9.10. The number of anilines is 11. The molecule has 0 aliphatic carbocycles. The van der Waals surface area contributed by atoms with Gasteiger partial charge in [-0.1, -0.05) is 289 Å². The molecule has 17 rings (SSSR count). The number of nitrogens with zero attached hydrogens (tertiary/aromatic N) is 3. The highest BCUT2D eigenvalue weighted by Gasteiger charge is 2.28. The van der Waals surface area contributed by atoms with Gasteiger partial charge in [0.15, 0.2) is 0 Å². The van der Waals surface area contributed by atoms with Crippen LogP contribution in [0.5, 0.6) is 0 Å². The molecular weight excluding hydrogens is 1250 g/mol. The van der Waals surface area contributed by atoms with E-state index in [0.29, 0.717) is 0 Å². The largest absolute Gasteiger partial charge is 0.456 e. The molecule has 97 heavy (non-hydrogen) atoms. The van der Waals surface area contributed by atoms with E-state index in [1.807, 2.05) is 18.2 Å². The molecule has 2 heterocycles. The summed E-state index contributed by atoms with van der Waals surface area (Å²) in [6.45, 7) is 0. The van der Waals surface area contributed by atoms with Gasteiger partial charge in [0.2, 0.25) is 0 Å². The van der Waals surface area contributed by atoms with Crippen molar-refractivity contribution >= 4 is 122 Å². The minimum atomic E-state index is 0.809. The van der Waals surface area contributed by atoms with Crippen LogP contribution in [0.15, 0.2) is 389 Å². The molecule has 0 amide bonds. The predicted octanol–water partition coefficient (Wildman–Crippen LogP) is 26.8. The zero-order valence-corrected chi connectivity index (χ0v) is 54.4. The number of halogens is 1. The molecule has 0 aliphatic rings. The van der Waals surface area contributed by atoms with Crippen LogP contribution in [0.3, 0.4) is 0 Å². The molecule has 6 nitrogen and oxygen atoms in total. The van der Waals surface area contributed by atoms with Gasteiger partial charge in [0.25, 0.3) is 0 Å². The van der Waals surface area contributed by atoms with Gasteiger partial charge in [0, 0.05) is 83.8 Å². The Labute approximate surface area is 572 Å². The van der Waals surface area contributed by atoms with E-state index < -0.39 is 0 Å². The van der Waals surface area contributed by atoms with Crippen LogP contribution >= 0.6 is 15.9 Å². The molecule has 0 atom stereocenters. The third-order valence-electron chi connectivity index (χ3n) is 17.7. The summed E-state index contributed by atoms with van der Waals surface area (Å²) in [5, 5.41) is 8.17. The van der Waals surface area contributed by atoms with E-state index in [-0.39, 0.29) is 0 Å². The highest BCUT2D eigenvalue weighted by Crippen LogP contribution is 2.52. The molecule has 15 aromatic carbocycles.